The van der Waals surface area contributed by atoms with Crippen LogP contribution in [-0.4, -0.2) is 74.1 Å². The second-order valence-corrected chi connectivity index (χ2v) is 16.2. The van der Waals surface area contributed by atoms with Crippen molar-refractivity contribution in [1.82, 2.24) is 10.1 Å². The van der Waals surface area contributed by atoms with Crippen LogP contribution in [-0.2, 0) is 23.9 Å². The van der Waals surface area contributed by atoms with E-state index in [1.165, 1.54) is 38.5 Å². The second-order valence-electron chi connectivity index (χ2n) is 16.2. The maximum absolute atomic E-state index is 12.9. The number of rotatable bonds is 10. The summed E-state index contributed by atoms with van der Waals surface area (Å²) in [6, 6.07) is 0. The lowest BCUT2D eigenvalue weighted by Gasteiger charge is -2.55. The van der Waals surface area contributed by atoms with E-state index in [2.05, 4.69) is 65.5 Å². The molecule has 0 aromatic rings. The summed E-state index contributed by atoms with van der Waals surface area (Å²) in [5.74, 6) is -0.271. The molecule has 4 rings (SSSR count). The Morgan fingerprint density at radius 1 is 0.643 bits per heavy atom. The fourth-order valence-corrected chi connectivity index (χ4v) is 8.51. The minimum atomic E-state index is -1.00. The lowest BCUT2D eigenvalue weighted by molar-refractivity contribution is -0.325. The molecule has 0 bridgehead atoms. The molecule has 0 radical (unpaired) electrons. The molecule has 2 aliphatic carbocycles. The number of esters is 1. The highest BCUT2D eigenvalue weighted by Gasteiger charge is 2.50. The normalized spacial score (nSPS) is 28.9. The quantitative estimate of drug-likeness (QED) is 0.210. The van der Waals surface area contributed by atoms with Gasteiger partial charge < -0.3 is 14.6 Å². The molecule has 244 valence electrons. The van der Waals surface area contributed by atoms with Crippen molar-refractivity contribution in [3.63, 3.8) is 0 Å². The summed E-state index contributed by atoms with van der Waals surface area (Å²) in [6.45, 7) is 17.5. The van der Waals surface area contributed by atoms with Crippen molar-refractivity contribution in [2.24, 2.45) is 0 Å². The van der Waals surface area contributed by atoms with Gasteiger partial charge in [-0.2, -0.15) is 10.1 Å². The first kappa shape index (κ1) is 34.1. The van der Waals surface area contributed by atoms with Crippen LogP contribution in [0.5, 0.6) is 0 Å². The maximum Gasteiger partial charge on any atom is 0.306 e. The number of nitrogens with zero attached hydrogens (tertiary/aromatic N) is 2. The van der Waals surface area contributed by atoms with E-state index in [0.717, 1.165) is 51.4 Å². The van der Waals surface area contributed by atoms with Crippen LogP contribution < -0.4 is 0 Å². The fourth-order valence-electron chi connectivity index (χ4n) is 8.51. The monoisotopic (exact) mass is 594 g/mol. The van der Waals surface area contributed by atoms with Crippen LogP contribution in [0.15, 0.2) is 0 Å². The van der Waals surface area contributed by atoms with Gasteiger partial charge in [0.1, 0.15) is 6.10 Å². The third-order valence-corrected chi connectivity index (χ3v) is 9.96. The van der Waals surface area contributed by atoms with Gasteiger partial charge in [0.25, 0.3) is 0 Å². The Morgan fingerprint density at radius 2 is 1.02 bits per heavy atom. The van der Waals surface area contributed by atoms with Gasteiger partial charge in [-0.1, -0.05) is 38.5 Å². The van der Waals surface area contributed by atoms with Crippen molar-refractivity contribution in [3.8, 4) is 0 Å². The van der Waals surface area contributed by atoms with Gasteiger partial charge in [0.15, 0.2) is 6.29 Å². The van der Waals surface area contributed by atoms with Crippen molar-refractivity contribution in [3.05, 3.63) is 0 Å². The Morgan fingerprint density at radius 3 is 1.43 bits per heavy atom. The van der Waals surface area contributed by atoms with Gasteiger partial charge in [-0.05, 0) is 93.9 Å². The molecule has 42 heavy (non-hydrogen) atoms. The third kappa shape index (κ3) is 8.91. The van der Waals surface area contributed by atoms with Gasteiger partial charge in [0, 0.05) is 41.4 Å². The van der Waals surface area contributed by atoms with Gasteiger partial charge in [-0.25, -0.2) is 0 Å². The van der Waals surface area contributed by atoms with E-state index >= 15 is 0 Å². The van der Waals surface area contributed by atoms with Crippen LogP contribution in [0.3, 0.4) is 0 Å². The smallest absolute Gasteiger partial charge is 0.306 e. The molecule has 0 amide bonds. The number of ether oxygens (including phenoxy) is 2. The van der Waals surface area contributed by atoms with Crippen molar-refractivity contribution >= 4 is 5.97 Å². The molecule has 0 aromatic carbocycles. The van der Waals surface area contributed by atoms with E-state index in [1.54, 1.807) is 0 Å². The Hall–Kier alpha value is -0.770. The molecule has 4 fully saturated rings. The zero-order chi connectivity index (χ0) is 30.8. The molecule has 1 atom stereocenters. The number of carbonyl (C=O) groups is 1. The molecule has 2 saturated heterocycles. The lowest BCUT2D eigenvalue weighted by atomic mass is 9.80. The van der Waals surface area contributed by atoms with Crippen LogP contribution >= 0.6 is 0 Å². The molecule has 2 saturated carbocycles. The van der Waals surface area contributed by atoms with E-state index in [4.69, 9.17) is 19.1 Å². The highest BCUT2D eigenvalue weighted by atomic mass is 16.7. The van der Waals surface area contributed by atoms with E-state index in [9.17, 15) is 9.90 Å². The molecule has 1 unspecified atom stereocenters. The van der Waals surface area contributed by atoms with Crippen LogP contribution in [0.1, 0.15) is 158 Å². The lowest BCUT2D eigenvalue weighted by Crippen LogP contribution is -2.63. The van der Waals surface area contributed by atoms with E-state index in [0.29, 0.717) is 6.10 Å². The first-order chi connectivity index (χ1) is 19.6. The summed E-state index contributed by atoms with van der Waals surface area (Å²) in [5, 5.41) is 15.2. The summed E-state index contributed by atoms with van der Waals surface area (Å²) >= 11 is 0. The third-order valence-electron chi connectivity index (χ3n) is 9.96. The molecule has 8 nitrogen and oxygen atoms in total. The topological polar surface area (TPSA) is 80.7 Å². The molecule has 2 aliphatic heterocycles. The average molecular weight is 595 g/mol. The first-order valence-corrected chi connectivity index (χ1v) is 17.0. The minimum Gasteiger partial charge on any atom is -0.462 e. The highest BCUT2D eigenvalue weighted by molar-refractivity contribution is 5.69. The largest absolute Gasteiger partial charge is 0.462 e. The van der Waals surface area contributed by atoms with Gasteiger partial charge in [0.2, 0.25) is 0 Å². The molecule has 0 spiro atoms. The van der Waals surface area contributed by atoms with Crippen molar-refractivity contribution in [1.29, 1.82) is 0 Å². The maximum atomic E-state index is 12.9. The summed E-state index contributed by atoms with van der Waals surface area (Å²) in [6.07, 6.45) is 14.7. The van der Waals surface area contributed by atoms with Gasteiger partial charge in [-0.15, -0.1) is 0 Å². The predicted molar refractivity (Wildman–Crippen MR) is 164 cm³/mol. The molecule has 0 aromatic heterocycles. The van der Waals surface area contributed by atoms with Crippen LogP contribution in [0.2, 0.25) is 0 Å². The van der Waals surface area contributed by atoms with Crippen LogP contribution in [0.4, 0.5) is 0 Å². The van der Waals surface area contributed by atoms with Crippen LogP contribution in [0.25, 0.3) is 0 Å². The number of hydrogen-bond acceptors (Lipinski definition) is 8. The standard InChI is InChI=1S/C34H62N2O6/c1-31(2)21-27(22-32(3,4)35(31)41-25-15-11-9-12-16-25)39-29(37)19-20-30(38)40-28-23-33(5,6)36(34(7,8)24-28)42-26-17-13-10-14-18-26/h25-29,37H,9-24H2,1-8H3. The Balaban J connectivity index is 1.23. The summed E-state index contributed by atoms with van der Waals surface area (Å²) in [7, 11) is 0. The predicted octanol–water partition coefficient (Wildman–Crippen LogP) is 7.22. The summed E-state index contributed by atoms with van der Waals surface area (Å²) in [4.78, 5) is 26.1. The SMILES string of the molecule is CC1(C)CC(OC(=O)CCC(O)OC2CC(C)(C)N(OC3CCCCC3)C(C)(C)C2)CC(C)(C)N1OC1CCCCC1. The number of carbonyl (C=O) groups excluding carboxylic acids is 1. The number of hydroxylamine groups is 4. The van der Waals surface area contributed by atoms with Crippen molar-refractivity contribution in [2.45, 2.75) is 211 Å². The molecular weight excluding hydrogens is 532 g/mol. The van der Waals surface area contributed by atoms with E-state index in [-0.39, 0.29) is 59.3 Å². The zero-order valence-electron chi connectivity index (χ0n) is 28.1. The van der Waals surface area contributed by atoms with Gasteiger partial charge in [-0.3, -0.25) is 14.5 Å². The van der Waals surface area contributed by atoms with E-state index in [1.807, 2.05) is 0 Å². The number of piperidine rings is 2. The van der Waals surface area contributed by atoms with Gasteiger partial charge >= 0.3 is 5.97 Å². The Labute approximate surface area is 256 Å². The fraction of sp³-hybridized carbons (Fsp3) is 0.971. The molecule has 4 aliphatic rings. The number of aliphatic hydroxyl groups excluding tert-OH is 1. The number of aliphatic hydroxyl groups is 1. The summed E-state index contributed by atoms with van der Waals surface area (Å²) in [5.41, 5.74) is -0.945. The molecule has 8 heteroatoms. The van der Waals surface area contributed by atoms with Crippen molar-refractivity contribution < 1.29 is 29.0 Å². The van der Waals surface area contributed by atoms with Gasteiger partial charge in [0.05, 0.1) is 24.7 Å². The highest BCUT2D eigenvalue weighted by Crippen LogP contribution is 2.43. The number of hydrogen-bond donors (Lipinski definition) is 1. The van der Waals surface area contributed by atoms with Crippen LogP contribution in [0, 0.1) is 0 Å². The Kier molecular flexibility index (Phi) is 11.1. The second kappa shape index (κ2) is 13.7. The Bertz CT molecular complexity index is 841. The average Bonchev–Trinajstić information content (AvgIpc) is 2.87. The molecule has 2 heterocycles. The van der Waals surface area contributed by atoms with E-state index < -0.39 is 6.29 Å². The van der Waals surface area contributed by atoms with Crippen molar-refractivity contribution in [2.75, 3.05) is 0 Å². The summed E-state index contributed by atoms with van der Waals surface area (Å²) < 4.78 is 12.1. The zero-order valence-corrected chi connectivity index (χ0v) is 28.1. The minimum absolute atomic E-state index is 0.109. The molecule has 1 N–H and O–H groups in total. The molecular formula is C34H62N2O6. The first-order valence-electron chi connectivity index (χ1n) is 17.0.